The van der Waals surface area contributed by atoms with Gasteiger partial charge >= 0.3 is 0 Å². The Balaban J connectivity index is 0.914. The highest BCUT2D eigenvalue weighted by Crippen LogP contribution is 2.38. The molecule has 4 aliphatic rings. The zero-order valence-corrected chi connectivity index (χ0v) is 30.9. The van der Waals surface area contributed by atoms with Crippen molar-refractivity contribution < 1.29 is 19.1 Å². The topological polar surface area (TPSA) is 148 Å². The van der Waals surface area contributed by atoms with Crippen LogP contribution in [0.15, 0.2) is 60.8 Å². The number of hydrogen-bond acceptors (Lipinski definition) is 10. The van der Waals surface area contributed by atoms with Gasteiger partial charge in [0, 0.05) is 93.6 Å². The molecule has 5 heterocycles. The van der Waals surface area contributed by atoms with E-state index in [1.54, 1.807) is 24.4 Å². The molecule has 3 amide bonds. The number of anilines is 3. The van der Waals surface area contributed by atoms with Gasteiger partial charge in [0.25, 0.3) is 17.7 Å². The van der Waals surface area contributed by atoms with Crippen molar-refractivity contribution in [2.24, 2.45) is 5.73 Å². The third-order valence-corrected chi connectivity index (χ3v) is 11.3. The van der Waals surface area contributed by atoms with E-state index in [2.05, 4.69) is 66.9 Å². The highest BCUT2D eigenvalue weighted by molar-refractivity contribution is 6.02. The summed E-state index contributed by atoms with van der Waals surface area (Å²) in [7, 11) is 2.16. The molecule has 2 unspecified atom stereocenters. The summed E-state index contributed by atoms with van der Waals surface area (Å²) in [5.74, 6) is 0.0161. The van der Waals surface area contributed by atoms with Crippen molar-refractivity contribution in [1.82, 2.24) is 25.4 Å². The number of piperidine rings is 1. The van der Waals surface area contributed by atoms with Gasteiger partial charge in [0.05, 0.1) is 30.4 Å². The minimum Gasteiger partial charge on any atom is -0.383 e. The number of benzene rings is 2. The third kappa shape index (κ3) is 8.75. The number of amides is 3. The Morgan fingerprint density at radius 2 is 1.58 bits per heavy atom. The second-order valence-corrected chi connectivity index (χ2v) is 14.9. The van der Waals surface area contributed by atoms with Gasteiger partial charge in [0.1, 0.15) is 5.82 Å². The minimum absolute atomic E-state index is 0.0203. The fourth-order valence-electron chi connectivity index (χ4n) is 8.23. The highest BCUT2D eigenvalue weighted by Gasteiger charge is 2.42. The first-order valence-corrected chi connectivity index (χ1v) is 19.1. The molecular formula is C40H53N9O4. The number of fused-ring (bicyclic) bond motifs is 2. The summed E-state index contributed by atoms with van der Waals surface area (Å²) < 4.78 is 5.43. The number of rotatable bonds is 12. The van der Waals surface area contributed by atoms with Crippen LogP contribution in [0.5, 0.6) is 0 Å². The number of hydrogen-bond donors (Lipinski definition) is 4. The normalized spacial score (nSPS) is 22.6. The predicted molar refractivity (Wildman–Crippen MR) is 207 cm³/mol. The van der Waals surface area contributed by atoms with E-state index in [9.17, 15) is 14.4 Å². The average molecular weight is 724 g/mol. The van der Waals surface area contributed by atoms with E-state index in [0.717, 1.165) is 96.1 Å². The number of aromatic nitrogens is 1. The molecule has 5 N–H and O–H groups in total. The molecule has 0 aliphatic carbocycles. The average Bonchev–Trinajstić information content (AvgIpc) is 3.44. The number of piperazine rings is 1. The van der Waals surface area contributed by atoms with Crippen molar-refractivity contribution in [2.45, 2.75) is 56.8 Å². The van der Waals surface area contributed by atoms with E-state index in [-0.39, 0.29) is 36.0 Å². The number of pyridine rings is 1. The van der Waals surface area contributed by atoms with Crippen LogP contribution in [0.4, 0.5) is 17.2 Å². The molecule has 0 saturated carbocycles. The first kappa shape index (κ1) is 36.6. The van der Waals surface area contributed by atoms with E-state index in [0.29, 0.717) is 28.9 Å². The van der Waals surface area contributed by atoms with Gasteiger partial charge in [-0.1, -0.05) is 12.1 Å². The molecule has 13 nitrogen and oxygen atoms in total. The fourth-order valence-corrected chi connectivity index (χ4v) is 8.23. The fraction of sp³-hybridized carbons (Fsp3) is 0.500. The van der Waals surface area contributed by atoms with Gasteiger partial charge in [-0.3, -0.25) is 19.3 Å². The van der Waals surface area contributed by atoms with Gasteiger partial charge in [0.15, 0.2) is 0 Å². The maximum atomic E-state index is 13.5. The molecule has 1 aromatic heterocycles. The zero-order valence-electron chi connectivity index (χ0n) is 30.9. The summed E-state index contributed by atoms with van der Waals surface area (Å²) >= 11 is 0. The lowest BCUT2D eigenvalue weighted by molar-refractivity contribution is 0.0398. The van der Waals surface area contributed by atoms with Gasteiger partial charge in [0.2, 0.25) is 0 Å². The van der Waals surface area contributed by atoms with Crippen LogP contribution < -0.4 is 31.5 Å². The Morgan fingerprint density at radius 1 is 0.887 bits per heavy atom. The van der Waals surface area contributed by atoms with Gasteiger partial charge in [-0.2, -0.15) is 0 Å². The number of carbonyl (C=O) groups is 3. The van der Waals surface area contributed by atoms with E-state index in [4.69, 9.17) is 15.5 Å². The van der Waals surface area contributed by atoms with E-state index >= 15 is 0 Å². The molecular weight excluding hydrogens is 670 g/mol. The summed E-state index contributed by atoms with van der Waals surface area (Å²) in [6, 6.07) is 17.7. The lowest BCUT2D eigenvalue weighted by Gasteiger charge is -2.40. The summed E-state index contributed by atoms with van der Waals surface area (Å²) in [5.41, 5.74) is 9.89. The van der Waals surface area contributed by atoms with Crippen LogP contribution in [0.3, 0.4) is 0 Å². The first-order chi connectivity index (χ1) is 25.7. The lowest BCUT2D eigenvalue weighted by Crippen LogP contribution is -2.50. The maximum Gasteiger partial charge on any atom is 0.253 e. The van der Waals surface area contributed by atoms with Crippen molar-refractivity contribution in [1.29, 1.82) is 0 Å². The minimum atomic E-state index is -0.533. The second kappa shape index (κ2) is 16.5. The van der Waals surface area contributed by atoms with Crippen molar-refractivity contribution in [3.8, 4) is 0 Å². The van der Waals surface area contributed by atoms with Crippen LogP contribution in [0, 0.1) is 0 Å². The molecule has 3 atom stereocenters. The molecule has 53 heavy (non-hydrogen) atoms. The molecule has 0 radical (unpaired) electrons. The Kier molecular flexibility index (Phi) is 11.4. The summed E-state index contributed by atoms with van der Waals surface area (Å²) in [6.07, 6.45) is 5.33. The van der Waals surface area contributed by atoms with Crippen molar-refractivity contribution in [3.63, 3.8) is 0 Å². The second-order valence-electron chi connectivity index (χ2n) is 14.9. The van der Waals surface area contributed by atoms with E-state index in [1.807, 2.05) is 19.1 Å². The smallest absolute Gasteiger partial charge is 0.253 e. The van der Waals surface area contributed by atoms with E-state index < -0.39 is 5.91 Å². The van der Waals surface area contributed by atoms with Crippen molar-refractivity contribution >= 4 is 34.9 Å². The number of morpholine rings is 1. The van der Waals surface area contributed by atoms with Gasteiger partial charge in [-0.05, 0) is 87.7 Å². The molecule has 282 valence electrons. The molecule has 4 aliphatic heterocycles. The summed E-state index contributed by atoms with van der Waals surface area (Å²) in [4.78, 5) is 53.0. The molecule has 3 aromatic rings. The lowest BCUT2D eigenvalue weighted by atomic mass is 9.96. The number of nitrogens with zero attached hydrogens (tertiary/aromatic N) is 5. The highest BCUT2D eigenvalue weighted by atomic mass is 16.5. The monoisotopic (exact) mass is 723 g/mol. The zero-order chi connectivity index (χ0) is 36.9. The van der Waals surface area contributed by atoms with E-state index in [1.165, 1.54) is 5.69 Å². The predicted octanol–water partition coefficient (Wildman–Crippen LogP) is 3.10. The number of ether oxygens (including phenoxy) is 1. The number of carbonyl (C=O) groups excluding carboxylic acids is 3. The number of nitrogens with two attached hydrogens (primary N) is 1. The SMILES string of the molecule is C[C@H](NC(=O)c1ccc(N2C3CCC2CC(NC(=O)c2ccc(C(N)=O)c(NCCN4CCOCC4)c2)C3)nc1)c1ccc(N2CCN(C)CC2)cc1. The van der Waals surface area contributed by atoms with Crippen LogP contribution in [0.2, 0.25) is 0 Å². The van der Waals surface area contributed by atoms with Crippen LogP contribution >= 0.6 is 0 Å². The molecule has 7 rings (SSSR count). The number of likely N-dealkylation sites (N-methyl/N-ethyl adjacent to an activating group) is 1. The number of nitrogens with one attached hydrogen (secondary N) is 3. The largest absolute Gasteiger partial charge is 0.383 e. The summed E-state index contributed by atoms with van der Waals surface area (Å²) in [5, 5.41) is 9.72. The van der Waals surface area contributed by atoms with Crippen LogP contribution in [0.25, 0.3) is 0 Å². The van der Waals surface area contributed by atoms with Gasteiger partial charge < -0.3 is 41.1 Å². The van der Waals surface area contributed by atoms with Gasteiger partial charge in [-0.15, -0.1) is 0 Å². The number of primary amides is 1. The molecule has 2 aromatic carbocycles. The Hall–Kier alpha value is -4.72. The maximum absolute atomic E-state index is 13.5. The first-order valence-electron chi connectivity index (χ1n) is 19.1. The Morgan fingerprint density at radius 3 is 2.25 bits per heavy atom. The molecule has 2 bridgehead atoms. The third-order valence-electron chi connectivity index (χ3n) is 11.3. The Labute approximate surface area is 312 Å². The summed E-state index contributed by atoms with van der Waals surface area (Å²) in [6.45, 7) is 10.8. The van der Waals surface area contributed by atoms with Crippen LogP contribution in [0.1, 0.15) is 75.3 Å². The van der Waals surface area contributed by atoms with Crippen LogP contribution in [-0.4, -0.2) is 123 Å². The Bertz CT molecular complexity index is 1730. The molecule has 0 spiro atoms. The van der Waals surface area contributed by atoms with Crippen LogP contribution in [-0.2, 0) is 4.74 Å². The van der Waals surface area contributed by atoms with Crippen molar-refractivity contribution in [3.05, 3.63) is 83.0 Å². The van der Waals surface area contributed by atoms with Gasteiger partial charge in [-0.25, -0.2) is 4.98 Å². The standard InChI is InChI=1S/C40H53N9O4/c1-27(28-3-7-32(8-4-28)48-17-15-46(2)16-18-48)44-40(52)30-6-12-37(43-26-30)49-33-9-10-34(49)25-31(24-33)45-39(51)29-5-11-35(38(41)50)36(23-29)42-13-14-47-19-21-53-22-20-47/h3-8,11-12,23,26-27,31,33-34,42H,9-10,13-22,24-25H2,1-2H3,(H2,41,50)(H,44,52)(H,45,51)/t27-,31?,33?,34?/m0/s1. The molecule has 4 fully saturated rings. The van der Waals surface area contributed by atoms with Crippen molar-refractivity contribution in [2.75, 3.05) is 87.7 Å². The molecule has 4 saturated heterocycles. The molecule has 13 heteroatoms. The quantitative estimate of drug-likeness (QED) is 0.220.